The summed E-state index contributed by atoms with van der Waals surface area (Å²) in [5.74, 6) is 1.80. The van der Waals surface area contributed by atoms with E-state index in [4.69, 9.17) is 0 Å². The molecular formula is C10H22. The van der Waals surface area contributed by atoms with E-state index in [9.17, 15) is 0 Å². The zero-order valence-corrected chi connectivity index (χ0v) is 5.72. The summed E-state index contributed by atoms with van der Waals surface area (Å²) < 4.78 is 0. The first-order valence-corrected chi connectivity index (χ1v) is 3.51. The molecular weight excluding hydrogens is 120 g/mol. The molecule has 0 heterocycles. The highest BCUT2D eigenvalue weighted by atomic mass is 14.2. The lowest BCUT2D eigenvalue weighted by atomic mass is 9.96. The van der Waals surface area contributed by atoms with Gasteiger partial charge in [-0.3, -0.25) is 0 Å². The average Bonchev–Trinajstić information content (AvgIpc) is 2.14. The first-order valence-electron chi connectivity index (χ1n) is 3.51. The second-order valence-electron chi connectivity index (χ2n) is 2.71. The molecule has 2 unspecified atom stereocenters. The summed E-state index contributed by atoms with van der Waals surface area (Å²) in [6.45, 7) is 4.59. The molecule has 2 atom stereocenters. The molecule has 1 aliphatic carbocycles. The topological polar surface area (TPSA) is 0 Å². The third-order valence-corrected chi connectivity index (χ3v) is 2.09. The monoisotopic (exact) mass is 142 g/mol. The first kappa shape index (κ1) is 12.4. The van der Waals surface area contributed by atoms with Crippen molar-refractivity contribution in [3.63, 3.8) is 0 Å². The van der Waals surface area contributed by atoms with Crippen molar-refractivity contribution in [2.24, 2.45) is 11.8 Å². The van der Waals surface area contributed by atoms with Crippen LogP contribution in [0.1, 0.15) is 41.5 Å². The zero-order valence-electron chi connectivity index (χ0n) is 5.72. The summed E-state index contributed by atoms with van der Waals surface area (Å²) in [4.78, 5) is 0. The van der Waals surface area contributed by atoms with Gasteiger partial charge in [0, 0.05) is 0 Å². The molecule has 0 aromatic heterocycles. The Bertz CT molecular complexity index is 92.2. The number of hydrogen-bond acceptors (Lipinski definition) is 0. The van der Waals surface area contributed by atoms with Gasteiger partial charge in [-0.2, -0.15) is 0 Å². The van der Waals surface area contributed by atoms with Crippen LogP contribution < -0.4 is 0 Å². The van der Waals surface area contributed by atoms with E-state index in [2.05, 4.69) is 26.0 Å². The van der Waals surface area contributed by atoms with Crippen LogP contribution in [0.2, 0.25) is 0 Å². The Hall–Kier alpha value is -0.260. The molecule has 62 valence electrons. The fraction of sp³-hybridized carbons (Fsp3) is 0.800. The number of hydrogen-bond donors (Lipinski definition) is 0. The van der Waals surface area contributed by atoms with Gasteiger partial charge in [-0.15, -0.1) is 0 Å². The highest BCUT2D eigenvalue weighted by Crippen LogP contribution is 2.26. The van der Waals surface area contributed by atoms with E-state index >= 15 is 0 Å². The third-order valence-electron chi connectivity index (χ3n) is 2.09. The van der Waals surface area contributed by atoms with Crippen LogP contribution in [0.5, 0.6) is 0 Å². The predicted octanol–water partition coefficient (Wildman–Crippen LogP) is 3.88. The third kappa shape index (κ3) is 2.55. The lowest BCUT2D eigenvalue weighted by Gasteiger charge is -2.09. The van der Waals surface area contributed by atoms with Gasteiger partial charge in [0.1, 0.15) is 0 Å². The van der Waals surface area contributed by atoms with Gasteiger partial charge in [-0.1, -0.05) is 40.9 Å². The maximum Gasteiger partial charge on any atom is -0.0207 e. The average molecular weight is 142 g/mol. The van der Waals surface area contributed by atoms with Crippen LogP contribution in [0.4, 0.5) is 0 Å². The molecule has 0 radical (unpaired) electrons. The minimum absolute atomic E-state index is 0. The van der Waals surface area contributed by atoms with Crippen molar-refractivity contribution in [3.8, 4) is 0 Å². The number of allylic oxidation sites excluding steroid dienone is 2. The SMILES string of the molecule is C.C.CCC1C=CCC1C. The smallest absolute Gasteiger partial charge is 0.0207 e. The van der Waals surface area contributed by atoms with Crippen LogP contribution in [0.3, 0.4) is 0 Å². The Morgan fingerprint density at radius 2 is 2.00 bits per heavy atom. The molecule has 0 aliphatic heterocycles. The van der Waals surface area contributed by atoms with Gasteiger partial charge in [-0.25, -0.2) is 0 Å². The summed E-state index contributed by atoms with van der Waals surface area (Å²) in [7, 11) is 0. The van der Waals surface area contributed by atoms with Crippen molar-refractivity contribution in [1.29, 1.82) is 0 Å². The van der Waals surface area contributed by atoms with Crippen molar-refractivity contribution in [3.05, 3.63) is 12.2 Å². The van der Waals surface area contributed by atoms with Gasteiger partial charge >= 0.3 is 0 Å². The van der Waals surface area contributed by atoms with Crippen molar-refractivity contribution in [1.82, 2.24) is 0 Å². The molecule has 1 aliphatic rings. The minimum Gasteiger partial charge on any atom is -0.0880 e. The van der Waals surface area contributed by atoms with Crippen LogP contribution in [-0.4, -0.2) is 0 Å². The lowest BCUT2D eigenvalue weighted by Crippen LogP contribution is -2.00. The Balaban J connectivity index is 0. The molecule has 1 rings (SSSR count). The van der Waals surface area contributed by atoms with Gasteiger partial charge in [-0.05, 0) is 24.7 Å². The fourth-order valence-corrected chi connectivity index (χ4v) is 1.37. The predicted molar refractivity (Wildman–Crippen MR) is 50.2 cm³/mol. The van der Waals surface area contributed by atoms with Crippen LogP contribution >= 0.6 is 0 Å². The first-order chi connectivity index (χ1) is 3.84. The molecule has 0 aromatic rings. The minimum atomic E-state index is 0. The molecule has 0 bridgehead atoms. The highest BCUT2D eigenvalue weighted by Gasteiger charge is 2.14. The van der Waals surface area contributed by atoms with E-state index in [-0.39, 0.29) is 14.9 Å². The Morgan fingerprint density at radius 1 is 1.40 bits per heavy atom. The molecule has 0 nitrogen and oxygen atoms in total. The van der Waals surface area contributed by atoms with Crippen LogP contribution in [0.25, 0.3) is 0 Å². The lowest BCUT2D eigenvalue weighted by molar-refractivity contribution is 0.450. The Labute approximate surface area is 66.3 Å². The van der Waals surface area contributed by atoms with Crippen LogP contribution in [0, 0.1) is 11.8 Å². The molecule has 0 heteroatoms. The second-order valence-corrected chi connectivity index (χ2v) is 2.71. The van der Waals surface area contributed by atoms with Crippen molar-refractivity contribution in [2.45, 2.75) is 41.5 Å². The molecule has 0 saturated heterocycles. The van der Waals surface area contributed by atoms with Crippen LogP contribution in [-0.2, 0) is 0 Å². The quantitative estimate of drug-likeness (QED) is 0.487. The maximum absolute atomic E-state index is 2.35. The second kappa shape index (κ2) is 5.52. The summed E-state index contributed by atoms with van der Waals surface area (Å²) >= 11 is 0. The van der Waals surface area contributed by atoms with Crippen molar-refractivity contribution >= 4 is 0 Å². The summed E-state index contributed by atoms with van der Waals surface area (Å²) in [5.41, 5.74) is 0. The molecule has 0 saturated carbocycles. The van der Waals surface area contributed by atoms with E-state index in [0.29, 0.717) is 0 Å². The molecule has 0 aromatic carbocycles. The van der Waals surface area contributed by atoms with Gasteiger partial charge in [0.25, 0.3) is 0 Å². The van der Waals surface area contributed by atoms with Gasteiger partial charge in [0.15, 0.2) is 0 Å². The van der Waals surface area contributed by atoms with E-state index in [1.54, 1.807) is 0 Å². The van der Waals surface area contributed by atoms with Crippen molar-refractivity contribution < 1.29 is 0 Å². The molecule has 0 spiro atoms. The van der Waals surface area contributed by atoms with E-state index in [0.717, 1.165) is 11.8 Å². The molecule has 0 N–H and O–H groups in total. The highest BCUT2D eigenvalue weighted by molar-refractivity contribution is 4.98. The summed E-state index contributed by atoms with van der Waals surface area (Å²) in [6.07, 6.45) is 7.28. The molecule has 10 heavy (non-hydrogen) atoms. The van der Waals surface area contributed by atoms with Gasteiger partial charge in [0.05, 0.1) is 0 Å². The van der Waals surface area contributed by atoms with E-state index < -0.39 is 0 Å². The largest absolute Gasteiger partial charge is 0.0880 e. The Morgan fingerprint density at radius 3 is 2.20 bits per heavy atom. The van der Waals surface area contributed by atoms with E-state index in [1.807, 2.05) is 0 Å². The normalized spacial score (nSPS) is 29.0. The Kier molecular flexibility index (Phi) is 6.85. The number of rotatable bonds is 1. The van der Waals surface area contributed by atoms with Gasteiger partial charge < -0.3 is 0 Å². The zero-order chi connectivity index (χ0) is 5.98. The van der Waals surface area contributed by atoms with E-state index in [1.165, 1.54) is 12.8 Å². The standard InChI is InChI=1S/C8H14.2CH4/c1-3-8-6-4-5-7(8)2;;/h4,6-8H,3,5H2,1-2H3;2*1H4. The molecule has 0 amide bonds. The fourth-order valence-electron chi connectivity index (χ4n) is 1.37. The summed E-state index contributed by atoms with van der Waals surface area (Å²) in [5, 5.41) is 0. The maximum atomic E-state index is 2.35. The summed E-state index contributed by atoms with van der Waals surface area (Å²) in [6, 6.07) is 0. The van der Waals surface area contributed by atoms with Crippen molar-refractivity contribution in [2.75, 3.05) is 0 Å². The van der Waals surface area contributed by atoms with Gasteiger partial charge in [0.2, 0.25) is 0 Å². The van der Waals surface area contributed by atoms with Crippen LogP contribution in [0.15, 0.2) is 12.2 Å². The molecule has 0 fully saturated rings.